The van der Waals surface area contributed by atoms with E-state index in [1.54, 1.807) is 7.11 Å². The van der Waals surface area contributed by atoms with Crippen LogP contribution in [0.4, 0.5) is 0 Å². The van der Waals surface area contributed by atoms with Gasteiger partial charge in [-0.05, 0) is 37.0 Å². The SMILES string of the molecule is COC1CCCC(O)(Cc2cccc(Cl)c2)C1. The Morgan fingerprint density at radius 3 is 3.06 bits per heavy atom. The highest BCUT2D eigenvalue weighted by molar-refractivity contribution is 6.30. The summed E-state index contributed by atoms with van der Waals surface area (Å²) in [6, 6.07) is 7.72. The summed E-state index contributed by atoms with van der Waals surface area (Å²) in [6.45, 7) is 0. The maximum absolute atomic E-state index is 10.6. The van der Waals surface area contributed by atoms with Gasteiger partial charge in [0.2, 0.25) is 0 Å². The van der Waals surface area contributed by atoms with Gasteiger partial charge in [0, 0.05) is 25.0 Å². The third kappa shape index (κ3) is 3.44. The van der Waals surface area contributed by atoms with Crippen molar-refractivity contribution in [2.75, 3.05) is 7.11 Å². The van der Waals surface area contributed by atoms with Gasteiger partial charge in [0.1, 0.15) is 0 Å². The summed E-state index contributed by atoms with van der Waals surface area (Å²) in [5.74, 6) is 0. The van der Waals surface area contributed by atoms with E-state index in [1.165, 1.54) is 0 Å². The summed E-state index contributed by atoms with van der Waals surface area (Å²) in [4.78, 5) is 0. The highest BCUT2D eigenvalue weighted by atomic mass is 35.5. The van der Waals surface area contributed by atoms with Crippen molar-refractivity contribution >= 4 is 11.6 Å². The molecule has 0 saturated heterocycles. The van der Waals surface area contributed by atoms with Crippen molar-refractivity contribution in [2.45, 2.75) is 43.8 Å². The Kier molecular flexibility index (Phi) is 4.08. The van der Waals surface area contributed by atoms with Gasteiger partial charge in [-0.1, -0.05) is 23.7 Å². The third-order valence-electron chi connectivity index (χ3n) is 3.53. The summed E-state index contributed by atoms with van der Waals surface area (Å²) >= 11 is 5.96. The van der Waals surface area contributed by atoms with Gasteiger partial charge in [0.15, 0.2) is 0 Å². The summed E-state index contributed by atoms with van der Waals surface area (Å²) in [6.07, 6.45) is 4.49. The molecule has 0 heterocycles. The third-order valence-corrected chi connectivity index (χ3v) is 3.77. The fourth-order valence-electron chi connectivity index (χ4n) is 2.68. The van der Waals surface area contributed by atoms with E-state index in [1.807, 2.05) is 24.3 Å². The van der Waals surface area contributed by atoms with Crippen molar-refractivity contribution in [2.24, 2.45) is 0 Å². The molecule has 2 unspecified atom stereocenters. The zero-order chi connectivity index (χ0) is 12.3. The first kappa shape index (κ1) is 12.9. The molecule has 1 N–H and O–H groups in total. The lowest BCUT2D eigenvalue weighted by Gasteiger charge is -2.36. The second-order valence-corrected chi connectivity index (χ2v) is 5.42. The molecule has 0 spiro atoms. The Bertz CT molecular complexity index is 380. The fourth-order valence-corrected chi connectivity index (χ4v) is 2.89. The molecule has 1 saturated carbocycles. The molecule has 0 aromatic heterocycles. The molecule has 0 aliphatic heterocycles. The molecule has 0 bridgehead atoms. The van der Waals surface area contributed by atoms with Crippen LogP contribution in [0.25, 0.3) is 0 Å². The zero-order valence-corrected chi connectivity index (χ0v) is 10.9. The lowest BCUT2D eigenvalue weighted by molar-refractivity contribution is -0.0581. The molecular weight excluding hydrogens is 236 g/mol. The van der Waals surface area contributed by atoms with E-state index in [-0.39, 0.29) is 6.10 Å². The van der Waals surface area contributed by atoms with Crippen LogP contribution < -0.4 is 0 Å². The average Bonchev–Trinajstić information content (AvgIpc) is 2.28. The van der Waals surface area contributed by atoms with E-state index in [9.17, 15) is 5.11 Å². The van der Waals surface area contributed by atoms with Crippen molar-refractivity contribution in [3.8, 4) is 0 Å². The van der Waals surface area contributed by atoms with Gasteiger partial charge in [0.25, 0.3) is 0 Å². The van der Waals surface area contributed by atoms with Crippen LogP contribution in [0, 0.1) is 0 Å². The number of methoxy groups -OCH3 is 1. The largest absolute Gasteiger partial charge is 0.389 e. The molecule has 17 heavy (non-hydrogen) atoms. The van der Waals surface area contributed by atoms with Gasteiger partial charge in [-0.3, -0.25) is 0 Å². The molecule has 1 aromatic rings. The molecule has 1 fully saturated rings. The fraction of sp³-hybridized carbons (Fsp3) is 0.571. The first-order chi connectivity index (χ1) is 8.11. The highest BCUT2D eigenvalue weighted by Gasteiger charge is 2.34. The van der Waals surface area contributed by atoms with Crippen LogP contribution in [0.3, 0.4) is 0 Å². The lowest BCUT2D eigenvalue weighted by atomic mass is 9.79. The van der Waals surface area contributed by atoms with Crippen molar-refractivity contribution in [1.82, 2.24) is 0 Å². The molecule has 3 heteroatoms. The van der Waals surface area contributed by atoms with Gasteiger partial charge in [-0.2, -0.15) is 0 Å². The number of hydrogen-bond acceptors (Lipinski definition) is 2. The van der Waals surface area contributed by atoms with E-state index >= 15 is 0 Å². The normalized spacial score (nSPS) is 29.2. The minimum atomic E-state index is -0.635. The van der Waals surface area contributed by atoms with Crippen molar-refractivity contribution in [3.63, 3.8) is 0 Å². The van der Waals surface area contributed by atoms with E-state index in [2.05, 4.69) is 0 Å². The number of aliphatic hydroxyl groups is 1. The zero-order valence-electron chi connectivity index (χ0n) is 10.2. The predicted octanol–water partition coefficient (Wildman–Crippen LogP) is 3.20. The van der Waals surface area contributed by atoms with Crippen molar-refractivity contribution < 1.29 is 9.84 Å². The number of halogens is 1. The van der Waals surface area contributed by atoms with Crippen LogP contribution in [0.2, 0.25) is 5.02 Å². The first-order valence-corrected chi connectivity index (χ1v) is 6.49. The van der Waals surface area contributed by atoms with Crippen LogP contribution in [0.1, 0.15) is 31.2 Å². The van der Waals surface area contributed by atoms with Crippen molar-refractivity contribution in [3.05, 3.63) is 34.9 Å². The molecule has 2 nitrogen and oxygen atoms in total. The summed E-state index contributed by atoms with van der Waals surface area (Å²) < 4.78 is 5.36. The Balaban J connectivity index is 2.06. The topological polar surface area (TPSA) is 29.5 Å². The van der Waals surface area contributed by atoms with E-state index < -0.39 is 5.60 Å². The second kappa shape index (κ2) is 5.38. The predicted molar refractivity (Wildman–Crippen MR) is 69.4 cm³/mol. The van der Waals surface area contributed by atoms with Gasteiger partial charge >= 0.3 is 0 Å². The van der Waals surface area contributed by atoms with Gasteiger partial charge in [-0.15, -0.1) is 0 Å². The smallest absolute Gasteiger partial charge is 0.0712 e. The maximum atomic E-state index is 10.6. The Labute approximate surface area is 108 Å². The minimum absolute atomic E-state index is 0.188. The minimum Gasteiger partial charge on any atom is -0.389 e. The quantitative estimate of drug-likeness (QED) is 0.898. The van der Waals surface area contributed by atoms with Crippen LogP contribution in [0.15, 0.2) is 24.3 Å². The van der Waals surface area contributed by atoms with Crippen molar-refractivity contribution in [1.29, 1.82) is 0 Å². The molecule has 2 atom stereocenters. The van der Waals surface area contributed by atoms with E-state index in [0.29, 0.717) is 6.42 Å². The summed E-state index contributed by atoms with van der Waals surface area (Å²) in [5.41, 5.74) is 0.459. The van der Waals surface area contributed by atoms with Crippen LogP contribution in [-0.2, 0) is 11.2 Å². The first-order valence-electron chi connectivity index (χ1n) is 6.11. The molecule has 0 radical (unpaired) electrons. The Morgan fingerprint density at radius 1 is 1.53 bits per heavy atom. The van der Waals surface area contributed by atoms with Gasteiger partial charge in [-0.25, -0.2) is 0 Å². The van der Waals surface area contributed by atoms with Gasteiger partial charge in [0.05, 0.1) is 11.7 Å². The monoisotopic (exact) mass is 254 g/mol. The molecule has 1 aliphatic rings. The van der Waals surface area contributed by atoms with E-state index in [0.717, 1.165) is 36.3 Å². The molecule has 0 amide bonds. The number of benzene rings is 1. The molecule has 1 aliphatic carbocycles. The lowest BCUT2D eigenvalue weighted by Crippen LogP contribution is -2.40. The van der Waals surface area contributed by atoms with Crippen LogP contribution >= 0.6 is 11.6 Å². The van der Waals surface area contributed by atoms with E-state index in [4.69, 9.17) is 16.3 Å². The summed E-state index contributed by atoms with van der Waals surface area (Å²) in [5, 5.41) is 11.3. The molecule has 1 aromatic carbocycles. The van der Waals surface area contributed by atoms with Gasteiger partial charge < -0.3 is 9.84 Å². The Hall–Kier alpha value is -0.570. The standard InChI is InChI=1S/C14H19ClO2/c1-17-13-6-3-7-14(16,10-13)9-11-4-2-5-12(15)8-11/h2,4-5,8,13,16H,3,6-7,9-10H2,1H3. The number of ether oxygens (including phenoxy) is 1. The molecular formula is C14H19ClO2. The van der Waals surface area contributed by atoms with Crippen LogP contribution in [0.5, 0.6) is 0 Å². The second-order valence-electron chi connectivity index (χ2n) is 4.99. The van der Waals surface area contributed by atoms with Crippen LogP contribution in [-0.4, -0.2) is 23.9 Å². The average molecular weight is 255 g/mol. The number of hydrogen-bond donors (Lipinski definition) is 1. The Morgan fingerprint density at radius 2 is 2.35 bits per heavy atom. The maximum Gasteiger partial charge on any atom is 0.0712 e. The highest BCUT2D eigenvalue weighted by Crippen LogP contribution is 2.33. The number of rotatable bonds is 3. The molecule has 94 valence electrons. The summed E-state index contributed by atoms with van der Waals surface area (Å²) in [7, 11) is 1.72. The molecule has 2 rings (SSSR count).